The summed E-state index contributed by atoms with van der Waals surface area (Å²) in [5, 5.41) is 0. The first-order chi connectivity index (χ1) is 9.67. The number of nitrogens with zero attached hydrogens (tertiary/aromatic N) is 1. The van der Waals surface area contributed by atoms with Crippen LogP contribution in [-0.2, 0) is 0 Å². The molecule has 0 aromatic heterocycles. The van der Waals surface area contributed by atoms with Crippen LogP contribution in [0.5, 0.6) is 0 Å². The molecule has 0 radical (unpaired) electrons. The molecule has 1 aliphatic heterocycles. The molecular formula is C12H14F9N. The van der Waals surface area contributed by atoms with Crippen molar-refractivity contribution in [1.82, 2.24) is 4.90 Å². The first-order valence-corrected chi connectivity index (χ1v) is 6.22. The summed E-state index contributed by atoms with van der Waals surface area (Å²) in [6, 6.07) is 0. The van der Waals surface area contributed by atoms with Gasteiger partial charge in [-0.25, -0.2) is 4.39 Å². The highest BCUT2D eigenvalue weighted by atomic mass is 19.4. The minimum Gasteiger partial charge on any atom is -0.267 e. The van der Waals surface area contributed by atoms with Gasteiger partial charge < -0.3 is 0 Å². The van der Waals surface area contributed by atoms with Crippen molar-refractivity contribution >= 4 is 0 Å². The minimum atomic E-state index is -5.03. The van der Waals surface area contributed by atoms with Crippen LogP contribution in [0.25, 0.3) is 0 Å². The van der Waals surface area contributed by atoms with E-state index in [4.69, 9.17) is 0 Å². The van der Waals surface area contributed by atoms with E-state index in [1.807, 2.05) is 0 Å². The average molecular weight is 343 g/mol. The van der Waals surface area contributed by atoms with Crippen molar-refractivity contribution < 1.29 is 39.5 Å². The van der Waals surface area contributed by atoms with Gasteiger partial charge in [0.2, 0.25) is 6.30 Å². The van der Waals surface area contributed by atoms with Crippen LogP contribution >= 0.6 is 0 Å². The lowest BCUT2D eigenvalue weighted by Crippen LogP contribution is -2.56. The first kappa shape index (κ1) is 19.1. The summed E-state index contributed by atoms with van der Waals surface area (Å²) in [6.07, 6.45) is -14.6. The molecule has 0 saturated carbocycles. The van der Waals surface area contributed by atoms with Crippen molar-refractivity contribution in [1.29, 1.82) is 0 Å². The van der Waals surface area contributed by atoms with Gasteiger partial charge in [0, 0.05) is 13.1 Å². The molecule has 1 saturated heterocycles. The van der Waals surface area contributed by atoms with Crippen LogP contribution in [0.1, 0.15) is 13.3 Å². The molecule has 0 N–H and O–H groups in total. The molecule has 0 aromatic rings. The average Bonchev–Trinajstić information content (AvgIpc) is 2.34. The largest absolute Gasteiger partial charge is 0.393 e. The van der Waals surface area contributed by atoms with E-state index in [0.717, 1.165) is 6.92 Å². The van der Waals surface area contributed by atoms with Gasteiger partial charge in [0.05, 0.1) is 11.8 Å². The summed E-state index contributed by atoms with van der Waals surface area (Å²) < 4.78 is 117. The SMILES string of the molecule is C=C(C)C(F)(F)C(F)N1CC(C(F)(F)F)CC(C(F)(F)F)C1. The molecule has 3 unspecified atom stereocenters. The van der Waals surface area contributed by atoms with Crippen molar-refractivity contribution in [2.75, 3.05) is 13.1 Å². The van der Waals surface area contributed by atoms with Crippen molar-refractivity contribution in [2.24, 2.45) is 11.8 Å². The number of likely N-dealkylation sites (tertiary alicyclic amines) is 1. The number of hydrogen-bond acceptors (Lipinski definition) is 1. The van der Waals surface area contributed by atoms with Crippen molar-refractivity contribution in [3.05, 3.63) is 12.2 Å². The molecule has 1 aliphatic rings. The summed E-state index contributed by atoms with van der Waals surface area (Å²) in [5.74, 6) is -9.28. The third kappa shape index (κ3) is 4.08. The molecule has 1 heterocycles. The molecule has 10 heteroatoms. The van der Waals surface area contributed by atoms with Gasteiger partial charge >= 0.3 is 18.3 Å². The molecule has 1 rings (SSSR count). The summed E-state index contributed by atoms with van der Waals surface area (Å²) in [5.41, 5.74) is -0.974. The molecule has 1 nitrogen and oxygen atoms in total. The quantitative estimate of drug-likeness (QED) is 0.413. The molecular weight excluding hydrogens is 329 g/mol. The zero-order valence-electron chi connectivity index (χ0n) is 11.4. The van der Waals surface area contributed by atoms with E-state index in [9.17, 15) is 39.5 Å². The molecule has 130 valence electrons. The van der Waals surface area contributed by atoms with Crippen LogP contribution in [0.3, 0.4) is 0 Å². The molecule has 0 spiro atoms. The van der Waals surface area contributed by atoms with E-state index >= 15 is 0 Å². The van der Waals surface area contributed by atoms with E-state index in [-0.39, 0.29) is 4.90 Å². The van der Waals surface area contributed by atoms with E-state index in [1.54, 1.807) is 0 Å². The lowest BCUT2D eigenvalue weighted by molar-refractivity contribution is -0.245. The van der Waals surface area contributed by atoms with Gasteiger partial charge in [-0.3, -0.25) is 4.90 Å². The fraction of sp³-hybridized carbons (Fsp3) is 0.833. The Bertz CT molecular complexity index is 390. The van der Waals surface area contributed by atoms with Crippen LogP contribution < -0.4 is 0 Å². The molecule has 22 heavy (non-hydrogen) atoms. The third-order valence-corrected chi connectivity index (χ3v) is 3.59. The lowest BCUT2D eigenvalue weighted by Gasteiger charge is -2.42. The minimum absolute atomic E-state index is 0.103. The van der Waals surface area contributed by atoms with Crippen molar-refractivity contribution in [2.45, 2.75) is 37.9 Å². The van der Waals surface area contributed by atoms with Crippen LogP contribution in [-0.4, -0.2) is 42.6 Å². The summed E-state index contributed by atoms with van der Waals surface area (Å²) in [4.78, 5) is -0.103. The molecule has 0 aliphatic carbocycles. The standard InChI is InChI=1S/C12H14F9N/c1-6(2)10(14,15)9(13)22-4-7(11(16,17)18)3-8(5-22)12(19,20)21/h7-9H,1,3-5H2,2H3. The van der Waals surface area contributed by atoms with Gasteiger partial charge in [-0.2, -0.15) is 35.1 Å². The Kier molecular flexibility index (Phi) is 5.16. The number of rotatable bonds is 3. The molecule has 0 amide bonds. The Morgan fingerprint density at radius 3 is 1.59 bits per heavy atom. The molecule has 3 atom stereocenters. The van der Waals surface area contributed by atoms with Crippen LogP contribution in [0.2, 0.25) is 0 Å². The summed E-state index contributed by atoms with van der Waals surface area (Å²) >= 11 is 0. The number of hydrogen-bond donors (Lipinski definition) is 0. The maximum absolute atomic E-state index is 13.8. The molecule has 0 bridgehead atoms. The monoisotopic (exact) mass is 343 g/mol. The summed E-state index contributed by atoms with van der Waals surface area (Å²) in [6.45, 7) is 1.07. The Labute approximate surface area is 120 Å². The Morgan fingerprint density at radius 1 is 0.955 bits per heavy atom. The topological polar surface area (TPSA) is 3.24 Å². The summed E-state index contributed by atoms with van der Waals surface area (Å²) in [7, 11) is 0. The maximum Gasteiger partial charge on any atom is 0.393 e. The fourth-order valence-corrected chi connectivity index (χ4v) is 2.23. The second-order valence-electron chi connectivity index (χ2n) is 5.41. The van der Waals surface area contributed by atoms with Crippen LogP contribution in [0, 0.1) is 11.8 Å². The molecule has 0 aromatic carbocycles. The Balaban J connectivity index is 3.06. The third-order valence-electron chi connectivity index (χ3n) is 3.59. The number of piperidine rings is 1. The maximum atomic E-state index is 13.8. The predicted octanol–water partition coefficient (Wildman–Crippen LogP) is 4.56. The van der Waals surface area contributed by atoms with Crippen molar-refractivity contribution in [3.8, 4) is 0 Å². The van der Waals surface area contributed by atoms with E-state index in [0.29, 0.717) is 0 Å². The van der Waals surface area contributed by atoms with Crippen molar-refractivity contribution in [3.63, 3.8) is 0 Å². The molecule has 1 fully saturated rings. The fourth-order valence-electron chi connectivity index (χ4n) is 2.23. The first-order valence-electron chi connectivity index (χ1n) is 6.22. The number of halogens is 9. The van der Waals surface area contributed by atoms with E-state index < -0.39 is 61.5 Å². The van der Waals surface area contributed by atoms with Gasteiger partial charge in [0.15, 0.2) is 0 Å². The van der Waals surface area contributed by atoms with Gasteiger partial charge in [-0.1, -0.05) is 6.58 Å². The highest BCUT2D eigenvalue weighted by Crippen LogP contribution is 2.43. The Morgan fingerprint density at radius 2 is 1.32 bits per heavy atom. The Hall–Kier alpha value is -0.930. The number of alkyl halides is 9. The zero-order chi connectivity index (χ0) is 17.5. The van der Waals surface area contributed by atoms with Crippen LogP contribution in [0.15, 0.2) is 12.2 Å². The highest BCUT2D eigenvalue weighted by molar-refractivity contribution is 5.07. The van der Waals surface area contributed by atoms with Gasteiger partial charge in [0.25, 0.3) is 0 Å². The second-order valence-corrected chi connectivity index (χ2v) is 5.41. The van der Waals surface area contributed by atoms with Gasteiger partial charge in [-0.15, -0.1) is 0 Å². The van der Waals surface area contributed by atoms with E-state index in [2.05, 4.69) is 6.58 Å². The lowest BCUT2D eigenvalue weighted by atomic mass is 9.87. The zero-order valence-corrected chi connectivity index (χ0v) is 11.4. The highest BCUT2D eigenvalue weighted by Gasteiger charge is 2.55. The predicted molar refractivity (Wildman–Crippen MR) is 59.9 cm³/mol. The van der Waals surface area contributed by atoms with Gasteiger partial charge in [0.1, 0.15) is 0 Å². The normalized spacial score (nSPS) is 26.8. The van der Waals surface area contributed by atoms with E-state index in [1.165, 1.54) is 0 Å². The second kappa shape index (κ2) is 5.93. The smallest absolute Gasteiger partial charge is 0.267 e. The van der Waals surface area contributed by atoms with Crippen LogP contribution in [0.4, 0.5) is 39.5 Å². The van der Waals surface area contributed by atoms with Gasteiger partial charge in [-0.05, 0) is 18.9 Å².